The van der Waals surface area contributed by atoms with Crippen molar-refractivity contribution in [1.29, 1.82) is 0 Å². The number of esters is 1. The van der Waals surface area contributed by atoms with E-state index in [2.05, 4.69) is 15.7 Å². The monoisotopic (exact) mass is 983 g/mol. The second kappa shape index (κ2) is 28.3. The van der Waals surface area contributed by atoms with Gasteiger partial charge in [0, 0.05) is 20.2 Å². The van der Waals surface area contributed by atoms with Gasteiger partial charge in [-0.2, -0.15) is 5.53 Å². The molecule has 0 aromatic carbocycles. The van der Waals surface area contributed by atoms with Gasteiger partial charge in [0.25, 0.3) is 0 Å². The molecule has 3 aliphatic heterocycles. The molecular weight excluding hydrogens is 920 g/mol. The lowest BCUT2D eigenvalue weighted by molar-refractivity contribution is -0.363. The van der Waals surface area contributed by atoms with Gasteiger partial charge in [0.2, 0.25) is 0 Å². The smallest absolute Gasteiger partial charge is 0.325 e. The van der Waals surface area contributed by atoms with E-state index >= 15 is 0 Å². The SMILES string of the molecule is CO[C@H]1O[C@H](C2CN(CCOCCOCCOCCOCCOCCOCCC(=O)OC3C(F)C(F)C(F)C(F)C3F)NN2)[C@@H](O)[C@H](O)[C@@H]1O[C@H]1O[C@H](CCP(=O)(O)O)[C@@H](O)[C@H](O)[C@@H]1O. The van der Waals surface area contributed by atoms with Gasteiger partial charge in [-0.05, 0) is 6.42 Å². The number of aliphatic hydroxyl groups is 5. The summed E-state index contributed by atoms with van der Waals surface area (Å²) in [4.78, 5) is 30.2. The number of nitrogens with one attached hydrogen (secondary N) is 2. The van der Waals surface area contributed by atoms with Crippen LogP contribution in [-0.2, 0) is 61.5 Å². The number of carbonyl (C=O) groups excluding carboxylic acids is 1. The number of ether oxygens (including phenoxy) is 11. The fraction of sp³-hybridized carbons (Fsp3) is 0.972. The zero-order valence-electron chi connectivity index (χ0n) is 35.6. The number of alkyl halides is 5. The van der Waals surface area contributed by atoms with Gasteiger partial charge in [-0.1, -0.05) is 0 Å². The zero-order valence-corrected chi connectivity index (χ0v) is 36.5. The molecule has 9 N–H and O–H groups in total. The molecule has 0 amide bonds. The first-order valence-electron chi connectivity index (χ1n) is 21.0. The molecule has 4 fully saturated rings. The van der Waals surface area contributed by atoms with Gasteiger partial charge in [0.15, 0.2) is 49.5 Å². The van der Waals surface area contributed by atoms with Crippen molar-refractivity contribution in [2.75, 3.05) is 106 Å². The Morgan fingerprint density at radius 3 is 1.68 bits per heavy atom. The molecule has 0 spiro atoms. The maximum Gasteiger partial charge on any atom is 0.325 e. The summed E-state index contributed by atoms with van der Waals surface area (Å²) in [7, 11) is -3.23. The van der Waals surface area contributed by atoms with Crippen molar-refractivity contribution in [1.82, 2.24) is 16.0 Å². The third-order valence-corrected chi connectivity index (χ3v) is 11.5. The third kappa shape index (κ3) is 17.5. The summed E-state index contributed by atoms with van der Waals surface area (Å²) in [5.41, 5.74) is 5.92. The topological polar surface area (TPSA) is 305 Å². The van der Waals surface area contributed by atoms with E-state index in [1.807, 2.05) is 0 Å². The Hall–Kier alpha value is -1.45. The quantitative estimate of drug-likeness (QED) is 0.0153. The molecule has 1 saturated carbocycles. The van der Waals surface area contributed by atoms with Crippen LogP contribution in [0.25, 0.3) is 0 Å². The molecular formula is C36H63F5N3O20P. The Morgan fingerprint density at radius 1 is 0.646 bits per heavy atom. The zero-order chi connectivity index (χ0) is 47.7. The highest BCUT2D eigenvalue weighted by molar-refractivity contribution is 7.51. The standard InChI is InChI=1S/C36H63F5N3O20P/c1-54-36-34(64-35-31(50)28(47)27(46)20(61-35)3-17-65(51,52)53)30(49)29(48)32(63-36)19-18-44(43-42-19)4-6-56-8-10-58-12-14-60-16-15-59-13-11-57-9-7-55-5-2-21(45)62-33-25(40)23(38)22(37)24(39)26(33)41/h19-20,22-36,42-43,46-50H,2-18H2,1H3,(H2,51,52,53)/t19?,20-,22?,23?,24?,25?,26?,27-,28+,29+,30+,31+,32-,33?,34+,35-,36+/m1/s1. The average Bonchev–Trinajstić information content (AvgIpc) is 3.75. The fourth-order valence-corrected chi connectivity index (χ4v) is 7.61. The van der Waals surface area contributed by atoms with Gasteiger partial charge in [-0.25, -0.2) is 32.4 Å². The lowest BCUT2D eigenvalue weighted by Gasteiger charge is -2.47. The van der Waals surface area contributed by atoms with E-state index in [1.165, 1.54) is 7.11 Å². The summed E-state index contributed by atoms with van der Waals surface area (Å²) in [6.07, 6.45) is -33.8. The first-order chi connectivity index (χ1) is 30.9. The molecule has 15 atom stereocenters. The highest BCUT2D eigenvalue weighted by atomic mass is 31.2. The Morgan fingerprint density at radius 2 is 1.15 bits per heavy atom. The molecule has 382 valence electrons. The van der Waals surface area contributed by atoms with E-state index in [9.17, 15) is 66.6 Å². The molecule has 29 heteroatoms. The Bertz CT molecular complexity index is 1400. The van der Waals surface area contributed by atoms with Gasteiger partial charge in [0.05, 0.1) is 104 Å². The molecule has 0 aromatic heterocycles. The maximum atomic E-state index is 13.8. The maximum absolute atomic E-state index is 13.8. The van der Waals surface area contributed by atoms with Gasteiger partial charge in [0.1, 0.15) is 42.7 Å². The molecule has 65 heavy (non-hydrogen) atoms. The van der Waals surface area contributed by atoms with Crippen LogP contribution < -0.4 is 11.0 Å². The van der Waals surface area contributed by atoms with Crippen LogP contribution in [0, 0.1) is 0 Å². The Kier molecular flexibility index (Phi) is 24.4. The summed E-state index contributed by atoms with van der Waals surface area (Å²) >= 11 is 0. The van der Waals surface area contributed by atoms with Crippen LogP contribution in [0.5, 0.6) is 0 Å². The average molecular weight is 984 g/mol. The minimum atomic E-state index is -4.48. The lowest BCUT2D eigenvalue weighted by Crippen LogP contribution is -2.66. The Labute approximate surface area is 371 Å². The van der Waals surface area contributed by atoms with Gasteiger partial charge >= 0.3 is 13.6 Å². The summed E-state index contributed by atoms with van der Waals surface area (Å²) in [6.45, 7) is 3.36. The van der Waals surface area contributed by atoms with Crippen LogP contribution in [-0.4, -0.2) is 256 Å². The van der Waals surface area contributed by atoms with E-state index in [-0.39, 0.29) is 39.5 Å². The van der Waals surface area contributed by atoms with Crippen molar-refractivity contribution in [2.45, 2.75) is 117 Å². The molecule has 0 radical (unpaired) electrons. The van der Waals surface area contributed by atoms with Crippen molar-refractivity contribution in [2.24, 2.45) is 0 Å². The van der Waals surface area contributed by atoms with Crippen LogP contribution in [0.4, 0.5) is 22.0 Å². The van der Waals surface area contributed by atoms with Crippen molar-refractivity contribution >= 4 is 13.6 Å². The Balaban J connectivity index is 0.952. The van der Waals surface area contributed by atoms with Gasteiger partial charge in [-0.3, -0.25) is 9.36 Å². The van der Waals surface area contributed by atoms with Crippen LogP contribution in [0.1, 0.15) is 12.8 Å². The first kappa shape index (κ1) is 56.1. The molecule has 0 aromatic rings. The fourth-order valence-electron chi connectivity index (χ4n) is 7.02. The number of hydrogen-bond donors (Lipinski definition) is 9. The summed E-state index contributed by atoms with van der Waals surface area (Å²) in [6, 6.07) is -0.560. The van der Waals surface area contributed by atoms with Crippen LogP contribution in [0.15, 0.2) is 0 Å². The molecule has 4 rings (SSSR count). The van der Waals surface area contributed by atoms with Crippen LogP contribution in [0.3, 0.4) is 0 Å². The number of methoxy groups -OCH3 is 1. The number of hydrazine groups is 2. The van der Waals surface area contributed by atoms with Gasteiger partial charge < -0.3 is 87.4 Å². The molecule has 0 bridgehead atoms. The van der Waals surface area contributed by atoms with Gasteiger partial charge in [-0.15, -0.1) is 0 Å². The summed E-state index contributed by atoms with van der Waals surface area (Å²) in [5, 5.41) is 54.9. The number of rotatable bonds is 29. The molecule has 5 unspecified atom stereocenters. The van der Waals surface area contributed by atoms with E-state index in [0.717, 1.165) is 0 Å². The minimum absolute atomic E-state index is 0.0661. The second-order valence-corrected chi connectivity index (χ2v) is 17.2. The van der Waals surface area contributed by atoms with Crippen molar-refractivity contribution in [3.63, 3.8) is 0 Å². The molecule has 3 heterocycles. The number of nitrogens with zero attached hydrogens (tertiary/aromatic N) is 1. The van der Waals surface area contributed by atoms with E-state index in [1.54, 1.807) is 5.01 Å². The van der Waals surface area contributed by atoms with Crippen LogP contribution in [0.2, 0.25) is 0 Å². The predicted octanol–water partition coefficient (Wildman–Crippen LogP) is -3.36. The first-order valence-corrected chi connectivity index (χ1v) is 22.8. The number of hydrogen-bond acceptors (Lipinski definition) is 21. The molecule has 4 aliphatic rings. The summed E-state index contributed by atoms with van der Waals surface area (Å²) < 4.78 is 138. The second-order valence-electron chi connectivity index (χ2n) is 15.4. The molecule has 23 nitrogen and oxygen atoms in total. The minimum Gasteiger partial charge on any atom is -0.456 e. The summed E-state index contributed by atoms with van der Waals surface area (Å²) in [5.74, 6) is -1.15. The molecule has 1 aliphatic carbocycles. The third-order valence-electron chi connectivity index (χ3n) is 10.6. The largest absolute Gasteiger partial charge is 0.456 e. The van der Waals surface area contributed by atoms with Crippen LogP contribution >= 0.6 is 7.60 Å². The van der Waals surface area contributed by atoms with E-state index < -0.39 is 131 Å². The van der Waals surface area contributed by atoms with Crippen molar-refractivity contribution < 1.29 is 119 Å². The van der Waals surface area contributed by atoms with E-state index in [0.29, 0.717) is 59.3 Å². The number of carbonyl (C=O) groups is 1. The highest BCUT2D eigenvalue weighted by Crippen LogP contribution is 2.38. The number of halogens is 5. The van der Waals surface area contributed by atoms with Crippen molar-refractivity contribution in [3.05, 3.63) is 0 Å². The lowest BCUT2D eigenvalue weighted by atomic mass is 9.89. The van der Waals surface area contributed by atoms with Crippen molar-refractivity contribution in [3.8, 4) is 0 Å². The predicted molar refractivity (Wildman–Crippen MR) is 206 cm³/mol. The van der Waals surface area contributed by atoms with E-state index in [4.69, 9.17) is 47.4 Å². The number of aliphatic hydroxyl groups excluding tert-OH is 5. The highest BCUT2D eigenvalue weighted by Gasteiger charge is 2.56. The normalized spacial score (nSPS) is 37.2. The molecule has 3 saturated heterocycles.